The number of benzene rings is 2. The molecule has 27 heavy (non-hydrogen) atoms. The molecular weight excluding hydrogens is 364 g/mol. The van der Waals surface area contributed by atoms with Crippen LogP contribution in [0.1, 0.15) is 15.9 Å². The summed E-state index contributed by atoms with van der Waals surface area (Å²) in [4.78, 5) is 21.1. The molecule has 0 bridgehead atoms. The normalized spacial score (nSPS) is 11.2. The molecule has 7 nitrogen and oxygen atoms in total. The number of nitrogens with zero attached hydrogens (tertiary/aromatic N) is 2. The summed E-state index contributed by atoms with van der Waals surface area (Å²) in [6, 6.07) is 13.9. The summed E-state index contributed by atoms with van der Waals surface area (Å²) in [7, 11) is -2.31. The monoisotopic (exact) mass is 382 g/mol. The zero-order chi connectivity index (χ0) is 19.4. The Morgan fingerprint density at radius 3 is 2.30 bits per heavy atom. The number of aryl methyl sites for hydroxylation is 1. The molecule has 0 unspecified atom stereocenters. The molecule has 0 aliphatic carbocycles. The minimum absolute atomic E-state index is 0.0245. The molecule has 0 saturated heterocycles. The Morgan fingerprint density at radius 1 is 1.00 bits per heavy atom. The van der Waals surface area contributed by atoms with Gasteiger partial charge in [0.05, 0.1) is 23.0 Å². The average molecular weight is 382 g/mol. The van der Waals surface area contributed by atoms with Gasteiger partial charge in [-0.25, -0.2) is 23.1 Å². The van der Waals surface area contributed by atoms with Gasteiger partial charge in [-0.15, -0.1) is 0 Å². The van der Waals surface area contributed by atoms with Crippen LogP contribution in [0.5, 0.6) is 0 Å². The Morgan fingerprint density at radius 2 is 1.67 bits per heavy atom. The summed E-state index contributed by atoms with van der Waals surface area (Å²) in [6.07, 6.45) is 3.02. The van der Waals surface area contributed by atoms with Gasteiger partial charge in [0.15, 0.2) is 5.82 Å². The maximum absolute atomic E-state index is 12.6. The van der Waals surface area contributed by atoms with Crippen molar-refractivity contribution < 1.29 is 13.2 Å². The van der Waals surface area contributed by atoms with E-state index in [-0.39, 0.29) is 10.5 Å². The van der Waals surface area contributed by atoms with Crippen LogP contribution in [0, 0.1) is 6.92 Å². The van der Waals surface area contributed by atoms with Gasteiger partial charge in [0.1, 0.15) is 0 Å². The molecule has 0 radical (unpaired) electrons. The Balaban J connectivity index is 1.82. The number of sulfonamides is 1. The number of nitrogens with one attached hydrogen (secondary N) is 2. The molecule has 8 heteroatoms. The molecule has 2 N–H and O–H groups in total. The first-order chi connectivity index (χ1) is 12.9. The Labute approximate surface area is 157 Å². The highest BCUT2D eigenvalue weighted by Gasteiger charge is 2.17. The number of carbonyl (C=O) groups is 1. The molecule has 1 heterocycles. The summed E-state index contributed by atoms with van der Waals surface area (Å²) in [5, 5.41) is 2.70. The molecule has 2 aromatic carbocycles. The smallest absolute Gasteiger partial charge is 0.256 e. The minimum atomic E-state index is -3.63. The van der Waals surface area contributed by atoms with Crippen LogP contribution in [0.2, 0.25) is 0 Å². The predicted molar refractivity (Wildman–Crippen MR) is 103 cm³/mol. The van der Waals surface area contributed by atoms with Crippen molar-refractivity contribution in [2.75, 3.05) is 12.4 Å². The Bertz CT molecular complexity index is 1070. The standard InChI is InChI=1S/C19H18N4O3S/c1-13-8-9-16(27(25,26)20-2)10-17(13)19(24)23-15-11-21-18(22-12-15)14-6-4-3-5-7-14/h3-12,20H,1-2H3,(H,23,24). The molecule has 0 fully saturated rings. The fraction of sp³-hybridized carbons (Fsp3) is 0.105. The van der Waals surface area contributed by atoms with Crippen molar-refractivity contribution in [3.63, 3.8) is 0 Å². The highest BCUT2D eigenvalue weighted by molar-refractivity contribution is 7.89. The van der Waals surface area contributed by atoms with E-state index < -0.39 is 15.9 Å². The van der Waals surface area contributed by atoms with Crippen LogP contribution in [0.25, 0.3) is 11.4 Å². The van der Waals surface area contributed by atoms with E-state index in [1.54, 1.807) is 13.0 Å². The molecular formula is C19H18N4O3S. The molecule has 0 atom stereocenters. The van der Waals surface area contributed by atoms with Gasteiger partial charge < -0.3 is 5.32 Å². The molecule has 0 spiro atoms. The topological polar surface area (TPSA) is 101 Å². The summed E-state index contributed by atoms with van der Waals surface area (Å²) in [5.74, 6) is 0.114. The van der Waals surface area contributed by atoms with Crippen molar-refractivity contribution in [3.8, 4) is 11.4 Å². The first kappa shape index (κ1) is 18.7. The molecule has 138 valence electrons. The van der Waals surface area contributed by atoms with Gasteiger partial charge >= 0.3 is 0 Å². The van der Waals surface area contributed by atoms with Crippen LogP contribution < -0.4 is 10.0 Å². The third kappa shape index (κ3) is 4.18. The van der Waals surface area contributed by atoms with E-state index in [2.05, 4.69) is 20.0 Å². The Hall–Kier alpha value is -3.10. The maximum atomic E-state index is 12.6. The Kier molecular flexibility index (Phi) is 5.29. The van der Waals surface area contributed by atoms with Gasteiger partial charge in [0.25, 0.3) is 5.91 Å². The molecule has 1 aromatic heterocycles. The first-order valence-corrected chi connectivity index (χ1v) is 9.62. The number of amides is 1. The third-order valence-corrected chi connectivity index (χ3v) is 5.39. The number of aromatic nitrogens is 2. The lowest BCUT2D eigenvalue weighted by atomic mass is 10.1. The van der Waals surface area contributed by atoms with Crippen LogP contribution in [-0.4, -0.2) is 31.3 Å². The zero-order valence-corrected chi connectivity index (χ0v) is 15.6. The summed E-state index contributed by atoms with van der Waals surface area (Å²) in [5.41, 5.74) is 2.21. The fourth-order valence-corrected chi connectivity index (χ4v) is 3.21. The van der Waals surface area contributed by atoms with Crippen molar-refractivity contribution in [2.24, 2.45) is 0 Å². The summed E-state index contributed by atoms with van der Waals surface area (Å²) >= 11 is 0. The van der Waals surface area contributed by atoms with Crippen molar-refractivity contribution in [1.82, 2.24) is 14.7 Å². The van der Waals surface area contributed by atoms with Crippen molar-refractivity contribution in [3.05, 3.63) is 72.1 Å². The van der Waals surface area contributed by atoms with Crippen molar-refractivity contribution >= 4 is 21.6 Å². The highest BCUT2D eigenvalue weighted by Crippen LogP contribution is 2.18. The van der Waals surface area contributed by atoms with E-state index in [0.29, 0.717) is 17.1 Å². The molecule has 3 aromatic rings. The zero-order valence-electron chi connectivity index (χ0n) is 14.8. The van der Waals surface area contributed by atoms with Crippen molar-refractivity contribution in [1.29, 1.82) is 0 Å². The SMILES string of the molecule is CNS(=O)(=O)c1ccc(C)c(C(=O)Nc2cnc(-c3ccccc3)nc2)c1. The number of hydrogen-bond acceptors (Lipinski definition) is 5. The maximum Gasteiger partial charge on any atom is 0.256 e. The molecule has 1 amide bonds. The van der Waals surface area contributed by atoms with Gasteiger partial charge in [-0.1, -0.05) is 36.4 Å². The van der Waals surface area contributed by atoms with Crippen LogP contribution in [0.3, 0.4) is 0 Å². The average Bonchev–Trinajstić information content (AvgIpc) is 2.69. The largest absolute Gasteiger partial charge is 0.319 e. The third-order valence-electron chi connectivity index (χ3n) is 3.97. The fourth-order valence-electron chi connectivity index (χ4n) is 2.46. The van der Waals surface area contributed by atoms with E-state index in [1.807, 2.05) is 30.3 Å². The summed E-state index contributed by atoms with van der Waals surface area (Å²) < 4.78 is 26.1. The van der Waals surface area contributed by atoms with E-state index in [9.17, 15) is 13.2 Å². The van der Waals surface area contributed by atoms with E-state index in [1.165, 1.54) is 31.6 Å². The minimum Gasteiger partial charge on any atom is -0.319 e. The van der Waals surface area contributed by atoms with Crippen LogP contribution in [0.15, 0.2) is 65.8 Å². The lowest BCUT2D eigenvalue weighted by molar-refractivity contribution is 0.102. The van der Waals surface area contributed by atoms with Gasteiger partial charge in [0.2, 0.25) is 10.0 Å². The predicted octanol–water partition coefficient (Wildman–Crippen LogP) is 2.61. The lowest BCUT2D eigenvalue weighted by Gasteiger charge is -2.10. The second kappa shape index (κ2) is 7.65. The summed E-state index contributed by atoms with van der Waals surface area (Å²) in [6.45, 7) is 1.74. The van der Waals surface area contributed by atoms with E-state index in [4.69, 9.17) is 0 Å². The first-order valence-electron chi connectivity index (χ1n) is 8.14. The van der Waals surface area contributed by atoms with Gasteiger partial charge in [-0.2, -0.15) is 0 Å². The van der Waals surface area contributed by atoms with E-state index in [0.717, 1.165) is 5.56 Å². The highest BCUT2D eigenvalue weighted by atomic mass is 32.2. The quantitative estimate of drug-likeness (QED) is 0.706. The van der Waals surface area contributed by atoms with Crippen LogP contribution in [-0.2, 0) is 10.0 Å². The van der Waals surface area contributed by atoms with E-state index >= 15 is 0 Å². The van der Waals surface area contributed by atoms with Crippen LogP contribution >= 0.6 is 0 Å². The molecule has 0 saturated carbocycles. The van der Waals surface area contributed by atoms with Gasteiger partial charge in [-0.3, -0.25) is 4.79 Å². The van der Waals surface area contributed by atoms with Crippen LogP contribution in [0.4, 0.5) is 5.69 Å². The van der Waals surface area contributed by atoms with Crippen molar-refractivity contribution in [2.45, 2.75) is 11.8 Å². The number of anilines is 1. The van der Waals surface area contributed by atoms with Gasteiger partial charge in [0, 0.05) is 11.1 Å². The number of hydrogen-bond donors (Lipinski definition) is 2. The number of carbonyl (C=O) groups excluding carboxylic acids is 1. The molecule has 3 rings (SSSR count). The molecule has 0 aliphatic heterocycles. The lowest BCUT2D eigenvalue weighted by Crippen LogP contribution is -2.20. The number of rotatable bonds is 5. The second-order valence-electron chi connectivity index (χ2n) is 5.80. The molecule has 0 aliphatic rings. The van der Waals surface area contributed by atoms with Gasteiger partial charge in [-0.05, 0) is 31.7 Å². The second-order valence-corrected chi connectivity index (χ2v) is 7.69.